The highest BCUT2D eigenvalue weighted by atomic mass is 32.2. The van der Waals surface area contributed by atoms with Crippen molar-refractivity contribution in [1.82, 2.24) is 4.31 Å². The maximum absolute atomic E-state index is 12.9. The topological polar surface area (TPSA) is 92.8 Å². The lowest BCUT2D eigenvalue weighted by molar-refractivity contribution is -0.119. The molecule has 138 valence electrons. The van der Waals surface area contributed by atoms with Crippen molar-refractivity contribution < 1.29 is 22.7 Å². The van der Waals surface area contributed by atoms with Gasteiger partial charge in [-0.15, -0.1) is 0 Å². The predicted octanol–water partition coefficient (Wildman–Crippen LogP) is 2.04. The van der Waals surface area contributed by atoms with Crippen molar-refractivity contribution >= 4 is 27.6 Å². The van der Waals surface area contributed by atoms with Crippen LogP contribution >= 0.6 is 0 Å². The second kappa shape index (κ2) is 8.11. The van der Waals surface area contributed by atoms with Gasteiger partial charge in [0.05, 0.1) is 24.6 Å². The summed E-state index contributed by atoms with van der Waals surface area (Å²) in [5.41, 5.74) is 0.929. The van der Waals surface area contributed by atoms with Crippen LogP contribution in [-0.4, -0.2) is 45.0 Å². The third-order valence-electron chi connectivity index (χ3n) is 3.84. The first-order valence-electron chi connectivity index (χ1n) is 7.72. The van der Waals surface area contributed by atoms with Gasteiger partial charge in [-0.2, -0.15) is 4.31 Å². The van der Waals surface area contributed by atoms with Crippen LogP contribution in [-0.2, 0) is 19.6 Å². The molecule has 1 amide bonds. The fourth-order valence-corrected chi connectivity index (χ4v) is 3.03. The van der Waals surface area contributed by atoms with Crippen LogP contribution in [0.3, 0.4) is 0 Å². The number of carbonyl (C=O) groups is 2. The smallest absolute Gasteiger partial charge is 0.339 e. The van der Waals surface area contributed by atoms with E-state index in [-0.39, 0.29) is 11.3 Å². The van der Waals surface area contributed by atoms with Gasteiger partial charge in [-0.3, -0.25) is 4.79 Å². The van der Waals surface area contributed by atoms with E-state index in [1.807, 2.05) is 0 Å². The number of esters is 1. The standard InChI is InChI=1S/C18H20N2O5S/c1-20(26(3,23)24)16(13-9-5-4-6-10-13)17(21)19-15-12-8-7-11-14(15)18(22)25-2/h4-12,16H,1-3H3,(H,19,21)/t16-/m1/s1. The van der Waals surface area contributed by atoms with E-state index >= 15 is 0 Å². The van der Waals surface area contributed by atoms with E-state index < -0.39 is 27.9 Å². The van der Waals surface area contributed by atoms with Gasteiger partial charge >= 0.3 is 5.97 Å². The molecule has 0 unspecified atom stereocenters. The third kappa shape index (κ3) is 4.47. The summed E-state index contributed by atoms with van der Waals surface area (Å²) in [5, 5.41) is 2.63. The summed E-state index contributed by atoms with van der Waals surface area (Å²) in [5.74, 6) is -1.19. The van der Waals surface area contributed by atoms with Crippen molar-refractivity contribution in [3.05, 3.63) is 65.7 Å². The Bertz CT molecular complexity index is 897. The summed E-state index contributed by atoms with van der Waals surface area (Å²) in [6, 6.07) is 13.8. The molecule has 1 N–H and O–H groups in total. The third-order valence-corrected chi connectivity index (χ3v) is 5.10. The van der Waals surface area contributed by atoms with Gasteiger partial charge in [0.2, 0.25) is 15.9 Å². The van der Waals surface area contributed by atoms with E-state index in [0.29, 0.717) is 5.56 Å². The molecule has 8 heteroatoms. The number of anilines is 1. The van der Waals surface area contributed by atoms with E-state index in [9.17, 15) is 18.0 Å². The number of hydrogen-bond donors (Lipinski definition) is 1. The molecule has 0 saturated carbocycles. The number of nitrogens with zero attached hydrogens (tertiary/aromatic N) is 1. The molecule has 0 radical (unpaired) electrons. The molecule has 1 atom stereocenters. The molecule has 2 rings (SSSR count). The van der Waals surface area contributed by atoms with Crippen LogP contribution in [0.15, 0.2) is 54.6 Å². The molecule has 0 bridgehead atoms. The van der Waals surface area contributed by atoms with Crippen LogP contribution < -0.4 is 5.32 Å². The Hall–Kier alpha value is -2.71. The Morgan fingerprint density at radius 1 is 1.04 bits per heavy atom. The monoisotopic (exact) mass is 376 g/mol. The van der Waals surface area contributed by atoms with Crippen LogP contribution in [0.2, 0.25) is 0 Å². The number of benzene rings is 2. The molecule has 0 aliphatic carbocycles. The van der Waals surface area contributed by atoms with Crippen LogP contribution in [0.1, 0.15) is 22.0 Å². The Labute approximate surface area is 152 Å². The number of ether oxygens (including phenoxy) is 1. The number of likely N-dealkylation sites (N-methyl/N-ethyl adjacent to an activating group) is 1. The van der Waals surface area contributed by atoms with Crippen molar-refractivity contribution in [3.63, 3.8) is 0 Å². The minimum absolute atomic E-state index is 0.178. The lowest BCUT2D eigenvalue weighted by atomic mass is 10.1. The van der Waals surface area contributed by atoms with Gasteiger partial charge in [0.15, 0.2) is 0 Å². The van der Waals surface area contributed by atoms with Gasteiger partial charge in [-0.05, 0) is 17.7 Å². The van der Waals surface area contributed by atoms with Crippen molar-refractivity contribution in [2.45, 2.75) is 6.04 Å². The van der Waals surface area contributed by atoms with Crippen LogP contribution in [0.25, 0.3) is 0 Å². The summed E-state index contributed by atoms with van der Waals surface area (Å²) in [6.07, 6.45) is 1.03. The fourth-order valence-electron chi connectivity index (χ4n) is 2.43. The molecule has 7 nitrogen and oxygen atoms in total. The molecular formula is C18H20N2O5S. The van der Waals surface area contributed by atoms with Crippen LogP contribution in [0.4, 0.5) is 5.69 Å². The second-order valence-electron chi connectivity index (χ2n) is 5.62. The first-order chi connectivity index (χ1) is 12.3. The summed E-state index contributed by atoms with van der Waals surface area (Å²) in [7, 11) is -1.06. The number of para-hydroxylation sites is 1. The summed E-state index contributed by atoms with van der Waals surface area (Å²) in [6.45, 7) is 0. The van der Waals surface area contributed by atoms with Gasteiger partial charge < -0.3 is 10.1 Å². The van der Waals surface area contributed by atoms with Crippen molar-refractivity contribution in [3.8, 4) is 0 Å². The van der Waals surface area contributed by atoms with Gasteiger partial charge in [0.1, 0.15) is 6.04 Å². The zero-order chi connectivity index (χ0) is 19.3. The Morgan fingerprint density at radius 3 is 2.19 bits per heavy atom. The second-order valence-corrected chi connectivity index (χ2v) is 7.66. The highest BCUT2D eigenvalue weighted by Gasteiger charge is 2.31. The Morgan fingerprint density at radius 2 is 1.62 bits per heavy atom. The average Bonchev–Trinajstić information content (AvgIpc) is 2.61. The molecule has 2 aromatic carbocycles. The molecular weight excluding hydrogens is 356 g/mol. The van der Waals surface area contributed by atoms with Crippen LogP contribution in [0, 0.1) is 0 Å². The highest BCUT2D eigenvalue weighted by Crippen LogP contribution is 2.25. The van der Waals surface area contributed by atoms with E-state index in [0.717, 1.165) is 10.6 Å². The van der Waals surface area contributed by atoms with Gasteiger partial charge in [-0.25, -0.2) is 13.2 Å². The molecule has 0 aromatic heterocycles. The first kappa shape index (κ1) is 19.6. The maximum Gasteiger partial charge on any atom is 0.339 e. The van der Waals surface area contributed by atoms with Crippen LogP contribution in [0.5, 0.6) is 0 Å². The number of carbonyl (C=O) groups excluding carboxylic acids is 2. The zero-order valence-electron chi connectivity index (χ0n) is 14.7. The maximum atomic E-state index is 12.9. The number of methoxy groups -OCH3 is 1. The molecule has 0 spiro atoms. The van der Waals surface area contributed by atoms with Crippen molar-refractivity contribution in [1.29, 1.82) is 0 Å². The molecule has 26 heavy (non-hydrogen) atoms. The number of amides is 1. The minimum Gasteiger partial charge on any atom is -0.465 e. The lowest BCUT2D eigenvalue weighted by Gasteiger charge is -2.26. The van der Waals surface area contributed by atoms with E-state index in [2.05, 4.69) is 5.32 Å². The van der Waals surface area contributed by atoms with Gasteiger partial charge in [-0.1, -0.05) is 42.5 Å². The Kier molecular flexibility index (Phi) is 6.12. The normalized spacial score (nSPS) is 12.5. The summed E-state index contributed by atoms with van der Waals surface area (Å²) >= 11 is 0. The SMILES string of the molecule is COC(=O)c1ccccc1NC(=O)[C@@H](c1ccccc1)N(C)S(C)(=O)=O. The molecule has 0 aliphatic heterocycles. The molecule has 0 heterocycles. The number of hydrogen-bond acceptors (Lipinski definition) is 5. The first-order valence-corrected chi connectivity index (χ1v) is 9.56. The average molecular weight is 376 g/mol. The quantitative estimate of drug-likeness (QED) is 0.779. The van der Waals surface area contributed by atoms with E-state index in [1.165, 1.54) is 20.2 Å². The van der Waals surface area contributed by atoms with Crippen molar-refractivity contribution in [2.24, 2.45) is 0 Å². The predicted molar refractivity (Wildman–Crippen MR) is 98.2 cm³/mol. The highest BCUT2D eigenvalue weighted by molar-refractivity contribution is 7.88. The zero-order valence-corrected chi connectivity index (χ0v) is 15.5. The minimum atomic E-state index is -3.64. The van der Waals surface area contributed by atoms with E-state index in [1.54, 1.807) is 48.5 Å². The molecule has 0 aliphatic rings. The summed E-state index contributed by atoms with van der Waals surface area (Å²) in [4.78, 5) is 24.8. The molecule has 2 aromatic rings. The summed E-state index contributed by atoms with van der Waals surface area (Å²) < 4.78 is 29.7. The Balaban J connectivity index is 2.42. The fraction of sp³-hybridized carbons (Fsp3) is 0.222. The number of sulfonamides is 1. The van der Waals surface area contributed by atoms with E-state index in [4.69, 9.17) is 4.74 Å². The van der Waals surface area contributed by atoms with Gasteiger partial charge in [0.25, 0.3) is 0 Å². The largest absolute Gasteiger partial charge is 0.465 e. The lowest BCUT2D eigenvalue weighted by Crippen LogP contribution is -2.38. The molecule has 0 saturated heterocycles. The molecule has 0 fully saturated rings. The van der Waals surface area contributed by atoms with Crippen molar-refractivity contribution in [2.75, 3.05) is 25.7 Å². The van der Waals surface area contributed by atoms with Gasteiger partial charge in [0, 0.05) is 7.05 Å². The number of rotatable bonds is 6. The number of nitrogens with one attached hydrogen (secondary N) is 1.